The van der Waals surface area contributed by atoms with Gasteiger partial charge in [0.1, 0.15) is 0 Å². The van der Waals surface area contributed by atoms with Gasteiger partial charge in [0.2, 0.25) is 0 Å². The van der Waals surface area contributed by atoms with Crippen LogP contribution in [0.4, 0.5) is 5.69 Å². The average Bonchev–Trinajstić information content (AvgIpc) is 2.37. The number of esters is 1. The van der Waals surface area contributed by atoms with E-state index in [-0.39, 0.29) is 6.61 Å². The first kappa shape index (κ1) is 14.6. The monoisotopic (exact) mass is 311 g/mol. The van der Waals surface area contributed by atoms with Gasteiger partial charge in [0.25, 0.3) is 0 Å². The fourth-order valence-electron chi connectivity index (χ4n) is 1.33. The highest BCUT2D eigenvalue weighted by Gasteiger charge is 2.13. The summed E-state index contributed by atoms with van der Waals surface area (Å²) in [7, 11) is 1.30. The van der Waals surface area contributed by atoms with Crippen LogP contribution in [0.5, 0.6) is 0 Å². The maximum atomic E-state index is 11.5. The summed E-state index contributed by atoms with van der Waals surface area (Å²) in [5.74, 6) is 5.28. The van der Waals surface area contributed by atoms with Gasteiger partial charge in [0, 0.05) is 23.1 Å². The first-order chi connectivity index (χ1) is 8.60. The Bertz CT molecular complexity index is 503. The number of aliphatic hydroxyl groups excluding tert-OH is 1. The molecule has 0 heterocycles. The van der Waals surface area contributed by atoms with Crippen LogP contribution in [-0.4, -0.2) is 24.8 Å². The van der Waals surface area contributed by atoms with Crippen LogP contribution in [0.2, 0.25) is 0 Å². The Hall–Kier alpha value is -1.51. The van der Waals surface area contributed by atoms with Crippen LogP contribution >= 0.6 is 15.9 Å². The van der Waals surface area contributed by atoms with Gasteiger partial charge in [0.05, 0.1) is 18.4 Å². The molecule has 0 aliphatic heterocycles. The Morgan fingerprint density at radius 1 is 1.56 bits per heavy atom. The van der Waals surface area contributed by atoms with Gasteiger partial charge in [-0.25, -0.2) is 4.79 Å². The van der Waals surface area contributed by atoms with Crippen LogP contribution in [0.25, 0.3) is 0 Å². The van der Waals surface area contributed by atoms with Crippen molar-refractivity contribution in [2.24, 2.45) is 0 Å². The molecule has 4 nitrogen and oxygen atoms in total. The van der Waals surface area contributed by atoms with E-state index in [0.717, 1.165) is 0 Å². The number of aliphatic hydroxyl groups is 1. The molecule has 0 bridgehead atoms. The lowest BCUT2D eigenvalue weighted by Gasteiger charge is -2.06. The molecule has 0 saturated heterocycles. The molecular weight excluding hydrogens is 298 g/mol. The minimum absolute atomic E-state index is 0.107. The number of unbranched alkanes of at least 4 members (excludes halogenated alkanes) is 1. The van der Waals surface area contributed by atoms with Crippen molar-refractivity contribution in [2.45, 2.75) is 12.8 Å². The molecule has 0 aliphatic rings. The molecule has 1 aromatic carbocycles. The predicted octanol–water partition coefficient (Wildman–Crippen LogP) is 1.94. The molecule has 96 valence electrons. The number of nitrogens with two attached hydrogens (primary N) is 1. The Kier molecular flexibility index (Phi) is 5.69. The zero-order valence-corrected chi connectivity index (χ0v) is 11.6. The molecule has 0 amide bonds. The number of ether oxygens (including phenoxy) is 1. The number of hydrogen-bond donors (Lipinski definition) is 2. The van der Waals surface area contributed by atoms with Gasteiger partial charge in [-0.3, -0.25) is 0 Å². The number of methoxy groups -OCH3 is 1. The lowest BCUT2D eigenvalue weighted by Crippen LogP contribution is -2.07. The van der Waals surface area contributed by atoms with Gasteiger partial charge in [0.15, 0.2) is 0 Å². The van der Waals surface area contributed by atoms with Crippen LogP contribution in [0.3, 0.4) is 0 Å². The number of anilines is 1. The summed E-state index contributed by atoms with van der Waals surface area (Å²) in [6.07, 6.45) is 1.20. The van der Waals surface area contributed by atoms with Crippen molar-refractivity contribution in [3.8, 4) is 11.8 Å². The van der Waals surface area contributed by atoms with Crippen molar-refractivity contribution < 1.29 is 14.6 Å². The van der Waals surface area contributed by atoms with Gasteiger partial charge >= 0.3 is 5.97 Å². The number of nitrogen functional groups attached to an aromatic ring is 1. The van der Waals surface area contributed by atoms with Gasteiger partial charge in [-0.1, -0.05) is 27.8 Å². The predicted molar refractivity (Wildman–Crippen MR) is 73.1 cm³/mol. The number of halogens is 1. The largest absolute Gasteiger partial charge is 0.465 e. The number of benzene rings is 1. The third kappa shape index (κ3) is 3.76. The fraction of sp³-hybridized carbons (Fsp3) is 0.308. The zero-order valence-electron chi connectivity index (χ0n) is 10.00. The summed E-state index contributed by atoms with van der Waals surface area (Å²) in [6.45, 7) is 0.107. The standard InChI is InChI=1S/C13H14BrNO3/c1-18-13(17)11-8-10(14)7-9(12(11)15)5-3-2-4-6-16/h7-8,16H,2,4,6,15H2,1H3. The molecule has 1 aromatic rings. The second kappa shape index (κ2) is 7.04. The number of rotatable bonds is 3. The Balaban J connectivity index is 3.08. The van der Waals surface area contributed by atoms with Crippen LogP contribution in [0.15, 0.2) is 16.6 Å². The van der Waals surface area contributed by atoms with Gasteiger partial charge in [-0.05, 0) is 18.6 Å². The van der Waals surface area contributed by atoms with E-state index in [0.29, 0.717) is 34.1 Å². The normalized spacial score (nSPS) is 9.50. The van der Waals surface area contributed by atoms with E-state index < -0.39 is 5.97 Å². The Labute approximate surface area is 114 Å². The van der Waals surface area contributed by atoms with Crippen molar-refractivity contribution in [1.29, 1.82) is 0 Å². The van der Waals surface area contributed by atoms with E-state index in [1.165, 1.54) is 7.11 Å². The van der Waals surface area contributed by atoms with Crippen LogP contribution in [0, 0.1) is 11.8 Å². The van der Waals surface area contributed by atoms with Gasteiger partial charge < -0.3 is 15.6 Å². The van der Waals surface area contributed by atoms with Crippen LogP contribution < -0.4 is 5.73 Å². The second-order valence-corrected chi connectivity index (χ2v) is 4.45. The van der Waals surface area contributed by atoms with Crippen LogP contribution in [0.1, 0.15) is 28.8 Å². The quantitative estimate of drug-likeness (QED) is 0.387. The number of carbonyl (C=O) groups is 1. The molecule has 3 N–H and O–H groups in total. The molecule has 0 aromatic heterocycles. The molecule has 0 aliphatic carbocycles. The molecular formula is C13H14BrNO3. The minimum Gasteiger partial charge on any atom is -0.465 e. The van der Waals surface area contributed by atoms with Crippen molar-refractivity contribution in [2.75, 3.05) is 19.5 Å². The lowest BCUT2D eigenvalue weighted by molar-refractivity contribution is 0.0602. The molecule has 0 spiro atoms. The number of hydrogen-bond acceptors (Lipinski definition) is 4. The second-order valence-electron chi connectivity index (χ2n) is 3.54. The highest BCUT2D eigenvalue weighted by Crippen LogP contribution is 2.23. The number of carbonyl (C=O) groups excluding carboxylic acids is 1. The van der Waals surface area contributed by atoms with E-state index in [9.17, 15) is 4.79 Å². The fourth-order valence-corrected chi connectivity index (χ4v) is 1.78. The third-order valence-electron chi connectivity index (χ3n) is 2.23. The SMILES string of the molecule is COC(=O)c1cc(Br)cc(C#CCCCO)c1N. The van der Waals surface area contributed by atoms with Crippen molar-refractivity contribution in [3.63, 3.8) is 0 Å². The van der Waals surface area contributed by atoms with Gasteiger partial charge in [-0.2, -0.15) is 0 Å². The molecule has 0 saturated carbocycles. The van der Waals surface area contributed by atoms with Crippen molar-refractivity contribution >= 4 is 27.6 Å². The molecule has 0 fully saturated rings. The summed E-state index contributed by atoms with van der Waals surface area (Å²) in [4.78, 5) is 11.5. The average molecular weight is 312 g/mol. The molecule has 0 unspecified atom stereocenters. The Morgan fingerprint density at radius 2 is 2.28 bits per heavy atom. The van der Waals surface area contributed by atoms with Gasteiger partial charge in [-0.15, -0.1) is 0 Å². The maximum Gasteiger partial charge on any atom is 0.340 e. The summed E-state index contributed by atoms with van der Waals surface area (Å²) in [6, 6.07) is 3.34. The van der Waals surface area contributed by atoms with Crippen molar-refractivity contribution in [3.05, 3.63) is 27.7 Å². The first-order valence-corrected chi connectivity index (χ1v) is 6.16. The van der Waals surface area contributed by atoms with E-state index in [4.69, 9.17) is 10.8 Å². The molecule has 18 heavy (non-hydrogen) atoms. The summed E-state index contributed by atoms with van der Waals surface area (Å²) >= 11 is 3.30. The molecule has 5 heteroatoms. The lowest BCUT2D eigenvalue weighted by atomic mass is 10.1. The third-order valence-corrected chi connectivity index (χ3v) is 2.69. The molecule has 1 rings (SSSR count). The zero-order chi connectivity index (χ0) is 13.5. The molecule has 0 atom stereocenters. The minimum atomic E-state index is -0.493. The van der Waals surface area contributed by atoms with E-state index in [1.807, 2.05) is 0 Å². The van der Waals surface area contributed by atoms with E-state index in [1.54, 1.807) is 12.1 Å². The smallest absolute Gasteiger partial charge is 0.340 e. The highest BCUT2D eigenvalue weighted by atomic mass is 79.9. The highest BCUT2D eigenvalue weighted by molar-refractivity contribution is 9.10. The van der Waals surface area contributed by atoms with E-state index in [2.05, 4.69) is 32.5 Å². The topological polar surface area (TPSA) is 72.5 Å². The van der Waals surface area contributed by atoms with Crippen molar-refractivity contribution in [1.82, 2.24) is 0 Å². The summed E-state index contributed by atoms with van der Waals surface area (Å²) in [5.41, 5.74) is 7.04. The Morgan fingerprint density at radius 3 is 2.89 bits per heavy atom. The summed E-state index contributed by atoms with van der Waals surface area (Å²) in [5, 5.41) is 8.65. The van der Waals surface area contributed by atoms with E-state index >= 15 is 0 Å². The molecule has 0 radical (unpaired) electrons. The summed E-state index contributed by atoms with van der Waals surface area (Å²) < 4.78 is 5.36. The van der Waals surface area contributed by atoms with Crippen LogP contribution in [-0.2, 0) is 4.74 Å². The maximum absolute atomic E-state index is 11.5. The first-order valence-electron chi connectivity index (χ1n) is 5.37.